The lowest BCUT2D eigenvalue weighted by Gasteiger charge is -2.34. The highest BCUT2D eigenvalue weighted by atomic mass is 16.6. The number of carbonyl (C=O) groups is 2. The molecule has 0 bridgehead atoms. The molecule has 2 aromatic carbocycles. The van der Waals surface area contributed by atoms with Gasteiger partial charge in [0, 0.05) is 37.5 Å². The summed E-state index contributed by atoms with van der Waals surface area (Å²) in [4.78, 5) is 38.1. The van der Waals surface area contributed by atoms with Crippen molar-refractivity contribution < 1.29 is 19.2 Å². The molecule has 0 aliphatic carbocycles. The third-order valence-electron chi connectivity index (χ3n) is 5.68. The summed E-state index contributed by atoms with van der Waals surface area (Å²) in [7, 11) is 0. The van der Waals surface area contributed by atoms with Crippen molar-refractivity contribution in [1.29, 1.82) is 0 Å². The van der Waals surface area contributed by atoms with Gasteiger partial charge in [0.1, 0.15) is 0 Å². The Labute approximate surface area is 185 Å². The van der Waals surface area contributed by atoms with E-state index < -0.39 is 23.0 Å². The quantitative estimate of drug-likeness (QED) is 0.409. The van der Waals surface area contributed by atoms with Crippen molar-refractivity contribution in [1.82, 2.24) is 15.5 Å². The van der Waals surface area contributed by atoms with Crippen LogP contribution in [0.2, 0.25) is 0 Å². The maximum Gasteiger partial charge on any atom is 0.338 e. The molecule has 32 heavy (non-hydrogen) atoms. The first-order valence-corrected chi connectivity index (χ1v) is 10.5. The third kappa shape index (κ3) is 4.47. The van der Waals surface area contributed by atoms with Gasteiger partial charge in [-0.05, 0) is 42.2 Å². The number of ether oxygens (including phenoxy) is 1. The van der Waals surface area contributed by atoms with Gasteiger partial charge >= 0.3 is 12.0 Å². The van der Waals surface area contributed by atoms with E-state index in [0.29, 0.717) is 29.9 Å². The van der Waals surface area contributed by atoms with E-state index in [0.717, 1.165) is 13.0 Å². The van der Waals surface area contributed by atoms with Gasteiger partial charge in [0.2, 0.25) is 0 Å². The molecule has 0 saturated carbocycles. The van der Waals surface area contributed by atoms with E-state index in [2.05, 4.69) is 27.7 Å². The molecule has 1 atom stereocenters. The summed E-state index contributed by atoms with van der Waals surface area (Å²) in [5, 5.41) is 16.5. The van der Waals surface area contributed by atoms with E-state index >= 15 is 0 Å². The van der Waals surface area contributed by atoms with Crippen molar-refractivity contribution in [2.75, 3.05) is 19.7 Å². The lowest BCUT2D eigenvalue weighted by molar-refractivity contribution is -0.384. The van der Waals surface area contributed by atoms with Crippen LogP contribution in [0.1, 0.15) is 29.7 Å². The molecule has 2 aromatic rings. The summed E-state index contributed by atoms with van der Waals surface area (Å²) in [6.45, 7) is 3.78. The van der Waals surface area contributed by atoms with Gasteiger partial charge in [0.05, 0.1) is 23.1 Å². The number of fused-ring (bicyclic) bond motifs is 1. The maximum absolute atomic E-state index is 12.9. The number of nitrogens with zero attached hydrogens (tertiary/aromatic N) is 2. The summed E-state index contributed by atoms with van der Waals surface area (Å²) in [5.41, 5.74) is 3.82. The zero-order chi connectivity index (χ0) is 22.7. The lowest BCUT2D eigenvalue weighted by Crippen LogP contribution is -2.49. The molecule has 0 aromatic heterocycles. The van der Waals surface area contributed by atoms with Crippen molar-refractivity contribution in [3.63, 3.8) is 0 Å². The minimum absolute atomic E-state index is 0.0668. The molecule has 0 radical (unpaired) electrons. The fourth-order valence-corrected chi connectivity index (χ4v) is 4.14. The van der Waals surface area contributed by atoms with E-state index in [9.17, 15) is 19.7 Å². The molecule has 9 nitrogen and oxygen atoms in total. The van der Waals surface area contributed by atoms with Crippen LogP contribution in [0, 0.1) is 10.1 Å². The molecular formula is C23H24N4O5. The Bertz CT molecular complexity index is 1080. The van der Waals surface area contributed by atoms with Gasteiger partial charge < -0.3 is 15.4 Å². The second kappa shape index (κ2) is 9.19. The predicted octanol–water partition coefficient (Wildman–Crippen LogP) is 2.82. The first kappa shape index (κ1) is 21.5. The van der Waals surface area contributed by atoms with Gasteiger partial charge in [-0.15, -0.1) is 0 Å². The molecule has 2 amide bonds. The van der Waals surface area contributed by atoms with Crippen LogP contribution in [0.3, 0.4) is 0 Å². The summed E-state index contributed by atoms with van der Waals surface area (Å²) in [6.07, 6.45) is 0.885. The number of nitro benzene ring substituents is 1. The number of nitro groups is 1. The molecule has 0 fully saturated rings. The number of carbonyl (C=O) groups excluding carboxylic acids is 2. The van der Waals surface area contributed by atoms with Crippen molar-refractivity contribution in [3.8, 4) is 0 Å². The summed E-state index contributed by atoms with van der Waals surface area (Å²) in [6, 6.07) is 12.8. The molecule has 166 valence electrons. The van der Waals surface area contributed by atoms with Crippen molar-refractivity contribution in [2.24, 2.45) is 0 Å². The SMILES string of the molecule is CCOC(=O)C1=C(CN2CCc3ccccc3C2)NC(=O)N[C@H]1c1ccc([N+](=O)[O-])cc1. The fourth-order valence-electron chi connectivity index (χ4n) is 4.14. The topological polar surface area (TPSA) is 114 Å². The number of hydrogen-bond donors (Lipinski definition) is 2. The van der Waals surface area contributed by atoms with Gasteiger partial charge in [0.25, 0.3) is 5.69 Å². The van der Waals surface area contributed by atoms with Gasteiger partial charge in [-0.3, -0.25) is 15.0 Å². The number of amides is 2. The second-order valence-electron chi connectivity index (χ2n) is 7.72. The van der Waals surface area contributed by atoms with E-state index in [1.165, 1.54) is 23.3 Å². The van der Waals surface area contributed by atoms with Crippen LogP contribution in [-0.4, -0.2) is 41.5 Å². The number of hydrogen-bond acceptors (Lipinski definition) is 6. The zero-order valence-electron chi connectivity index (χ0n) is 17.7. The van der Waals surface area contributed by atoms with Gasteiger partial charge in [-0.2, -0.15) is 0 Å². The average Bonchev–Trinajstić information content (AvgIpc) is 2.79. The highest BCUT2D eigenvalue weighted by Crippen LogP contribution is 2.30. The Kier molecular flexibility index (Phi) is 6.18. The minimum Gasteiger partial charge on any atom is -0.463 e. The molecule has 2 aliphatic rings. The normalized spacial score (nSPS) is 18.4. The Morgan fingerprint density at radius 2 is 1.91 bits per heavy atom. The van der Waals surface area contributed by atoms with E-state index in [1.807, 2.05) is 12.1 Å². The molecule has 2 heterocycles. The average molecular weight is 436 g/mol. The molecule has 2 N–H and O–H groups in total. The standard InChI is InChI=1S/C23H24N4O5/c1-2-32-22(28)20-19(14-26-12-11-15-5-3-4-6-17(15)13-26)24-23(29)25-21(20)16-7-9-18(10-8-16)27(30)31/h3-10,21H,2,11-14H2,1H3,(H2,24,25,29)/t21-/m0/s1. The number of benzene rings is 2. The summed E-state index contributed by atoms with van der Waals surface area (Å²) >= 11 is 0. The number of urea groups is 1. The van der Waals surface area contributed by atoms with Gasteiger partial charge in [-0.1, -0.05) is 24.3 Å². The first-order valence-electron chi connectivity index (χ1n) is 10.5. The Hall–Kier alpha value is -3.72. The van der Waals surface area contributed by atoms with Gasteiger partial charge in [-0.25, -0.2) is 9.59 Å². The van der Waals surface area contributed by atoms with Crippen LogP contribution in [-0.2, 0) is 22.5 Å². The molecule has 2 aliphatic heterocycles. The molecule has 9 heteroatoms. The van der Waals surface area contributed by atoms with E-state index in [1.54, 1.807) is 19.1 Å². The zero-order valence-corrected chi connectivity index (χ0v) is 17.7. The number of rotatable bonds is 6. The molecule has 0 saturated heterocycles. The highest BCUT2D eigenvalue weighted by molar-refractivity contribution is 5.95. The molecular weight excluding hydrogens is 412 g/mol. The number of esters is 1. The van der Waals surface area contributed by atoms with E-state index in [-0.39, 0.29) is 12.3 Å². The fraction of sp³-hybridized carbons (Fsp3) is 0.304. The van der Waals surface area contributed by atoms with E-state index in [4.69, 9.17) is 4.74 Å². The molecule has 0 unspecified atom stereocenters. The Morgan fingerprint density at radius 3 is 2.59 bits per heavy atom. The van der Waals surface area contributed by atoms with Crippen LogP contribution in [0.15, 0.2) is 59.8 Å². The Morgan fingerprint density at radius 1 is 1.19 bits per heavy atom. The maximum atomic E-state index is 12.9. The van der Waals surface area contributed by atoms with Crippen molar-refractivity contribution >= 4 is 17.7 Å². The largest absolute Gasteiger partial charge is 0.463 e. The van der Waals surface area contributed by atoms with Crippen LogP contribution >= 0.6 is 0 Å². The van der Waals surface area contributed by atoms with Crippen molar-refractivity contribution in [3.05, 3.63) is 86.6 Å². The smallest absolute Gasteiger partial charge is 0.338 e. The number of non-ortho nitro benzene ring substituents is 1. The van der Waals surface area contributed by atoms with Crippen LogP contribution in [0.5, 0.6) is 0 Å². The van der Waals surface area contributed by atoms with Crippen LogP contribution in [0.25, 0.3) is 0 Å². The molecule has 4 rings (SSSR count). The molecule has 0 spiro atoms. The minimum atomic E-state index is -0.768. The van der Waals surface area contributed by atoms with Crippen molar-refractivity contribution in [2.45, 2.75) is 25.9 Å². The first-order chi connectivity index (χ1) is 15.5. The Balaban J connectivity index is 1.67. The van der Waals surface area contributed by atoms with Gasteiger partial charge in [0.15, 0.2) is 0 Å². The number of nitrogens with one attached hydrogen (secondary N) is 2. The second-order valence-corrected chi connectivity index (χ2v) is 7.72. The lowest BCUT2D eigenvalue weighted by atomic mass is 9.94. The monoisotopic (exact) mass is 436 g/mol. The predicted molar refractivity (Wildman–Crippen MR) is 117 cm³/mol. The highest BCUT2D eigenvalue weighted by Gasteiger charge is 2.34. The summed E-state index contributed by atoms with van der Waals surface area (Å²) in [5.74, 6) is -0.532. The summed E-state index contributed by atoms with van der Waals surface area (Å²) < 4.78 is 5.29. The van der Waals surface area contributed by atoms with Crippen LogP contribution in [0.4, 0.5) is 10.5 Å². The van der Waals surface area contributed by atoms with Crippen LogP contribution < -0.4 is 10.6 Å². The third-order valence-corrected chi connectivity index (χ3v) is 5.68.